The fourth-order valence-electron chi connectivity index (χ4n) is 2.89. The molecule has 0 aliphatic rings. The van der Waals surface area contributed by atoms with Gasteiger partial charge in [0.25, 0.3) is 0 Å². The fourth-order valence-corrected chi connectivity index (χ4v) is 4.11. The maximum Gasteiger partial charge on any atom is 0.361 e. The second-order valence-corrected chi connectivity index (χ2v) is 8.47. The van der Waals surface area contributed by atoms with Crippen molar-refractivity contribution in [2.75, 3.05) is 36.2 Å². The van der Waals surface area contributed by atoms with Crippen molar-refractivity contribution in [3.05, 3.63) is 23.5 Å². The van der Waals surface area contributed by atoms with Crippen molar-refractivity contribution in [2.24, 2.45) is 14.1 Å². The first-order chi connectivity index (χ1) is 13.5. The van der Waals surface area contributed by atoms with Crippen molar-refractivity contribution in [2.45, 2.75) is 49.8 Å². The van der Waals surface area contributed by atoms with Gasteiger partial charge in [-0.15, -0.1) is 0 Å². The molecule has 0 saturated heterocycles. The third-order valence-corrected chi connectivity index (χ3v) is 6.30. The van der Waals surface area contributed by atoms with E-state index in [0.29, 0.717) is 0 Å². The fraction of sp³-hybridized carbons (Fsp3) is 0.600. The van der Waals surface area contributed by atoms with Gasteiger partial charge in [0.05, 0.1) is 14.1 Å². The van der Waals surface area contributed by atoms with Crippen molar-refractivity contribution >= 4 is 35.2 Å². The normalized spacial score (nSPS) is 10.9. The molecule has 2 heterocycles. The summed E-state index contributed by atoms with van der Waals surface area (Å²) in [4.78, 5) is 9.31. The summed E-state index contributed by atoms with van der Waals surface area (Å²) < 4.78 is 4.24. The third-order valence-electron chi connectivity index (χ3n) is 4.84. The van der Waals surface area contributed by atoms with Gasteiger partial charge in [-0.3, -0.25) is 0 Å². The van der Waals surface area contributed by atoms with E-state index in [9.17, 15) is 0 Å². The quantitative estimate of drug-likeness (QED) is 0.251. The second kappa shape index (κ2) is 11.5. The number of nitrogens with zero attached hydrogens (tertiary/aromatic N) is 4. The molecular formula is C20H34N6S2+2. The average molecular weight is 423 g/mol. The van der Waals surface area contributed by atoms with Crippen LogP contribution in [0.4, 0.5) is 11.6 Å². The second-order valence-electron chi connectivity index (χ2n) is 6.92. The van der Waals surface area contributed by atoms with Crippen LogP contribution < -0.4 is 19.8 Å². The molecule has 0 fully saturated rings. The molecule has 0 atom stereocenters. The SMILES string of the molecule is CSc1nc(NCCCCCCNc2cc(C)[n+](C)c(SC)n2)cc(C)[n+]1C. The van der Waals surface area contributed by atoms with Crippen LogP contribution in [0.3, 0.4) is 0 Å². The summed E-state index contributed by atoms with van der Waals surface area (Å²) in [5.41, 5.74) is 2.44. The van der Waals surface area contributed by atoms with Gasteiger partial charge in [-0.1, -0.05) is 12.8 Å². The standard InChI is InChI=1S/C20H32N6S2/c1-15-13-17(23-19(27-5)25(15)3)21-11-9-7-8-10-12-22-18-14-16(2)26(4)20(24-18)28-6/h13-14H,7-12H2,1-6H3/p+2. The molecule has 2 aromatic rings. The molecule has 6 nitrogen and oxygen atoms in total. The highest BCUT2D eigenvalue weighted by Crippen LogP contribution is 2.13. The largest absolute Gasteiger partial charge is 0.361 e. The first kappa shape index (κ1) is 22.7. The van der Waals surface area contributed by atoms with Gasteiger partial charge < -0.3 is 10.6 Å². The zero-order valence-electron chi connectivity index (χ0n) is 18.0. The zero-order valence-corrected chi connectivity index (χ0v) is 19.6. The molecule has 2 aromatic heterocycles. The summed E-state index contributed by atoms with van der Waals surface area (Å²) in [6.45, 7) is 6.17. The number of nitrogens with one attached hydrogen (secondary N) is 2. The first-order valence-electron chi connectivity index (χ1n) is 9.77. The van der Waals surface area contributed by atoms with E-state index < -0.39 is 0 Å². The number of hydrogen-bond donors (Lipinski definition) is 2. The van der Waals surface area contributed by atoms with E-state index in [1.807, 2.05) is 0 Å². The maximum absolute atomic E-state index is 4.65. The molecule has 0 unspecified atom stereocenters. The lowest BCUT2D eigenvalue weighted by Crippen LogP contribution is -2.36. The van der Waals surface area contributed by atoms with Crippen LogP contribution in [0.1, 0.15) is 37.1 Å². The monoisotopic (exact) mass is 422 g/mol. The maximum atomic E-state index is 4.65. The van der Waals surface area contributed by atoms with Crippen LogP contribution in [0.25, 0.3) is 0 Å². The summed E-state index contributed by atoms with van der Waals surface area (Å²) in [7, 11) is 4.11. The first-order valence-corrected chi connectivity index (χ1v) is 12.2. The van der Waals surface area contributed by atoms with Crippen molar-refractivity contribution in [3.8, 4) is 0 Å². The Kier molecular flexibility index (Phi) is 9.31. The number of unbranched alkanes of at least 4 members (excludes halogenated alkanes) is 3. The Bertz CT molecular complexity index is 716. The van der Waals surface area contributed by atoms with Gasteiger partial charge in [-0.2, -0.15) is 0 Å². The molecule has 154 valence electrons. The van der Waals surface area contributed by atoms with Crippen LogP contribution in [0.2, 0.25) is 0 Å². The van der Waals surface area contributed by atoms with E-state index in [1.165, 1.54) is 24.2 Å². The lowest BCUT2D eigenvalue weighted by Gasteiger charge is -2.06. The van der Waals surface area contributed by atoms with Gasteiger partial charge in [0.1, 0.15) is 11.4 Å². The summed E-state index contributed by atoms with van der Waals surface area (Å²) in [6.07, 6.45) is 8.88. The minimum Gasteiger partial charge on any atom is -0.349 e. The van der Waals surface area contributed by atoms with Crippen LogP contribution in [0.15, 0.2) is 22.4 Å². The van der Waals surface area contributed by atoms with Crippen LogP contribution in [-0.2, 0) is 14.1 Å². The summed E-state index contributed by atoms with van der Waals surface area (Å²) >= 11 is 3.35. The van der Waals surface area contributed by atoms with Gasteiger partial charge in [-0.05, 0) is 72.7 Å². The molecule has 0 spiro atoms. The Morgan fingerprint density at radius 3 is 1.50 bits per heavy atom. The van der Waals surface area contributed by atoms with Gasteiger partial charge in [0, 0.05) is 25.2 Å². The summed E-state index contributed by atoms with van der Waals surface area (Å²) in [5.74, 6) is 1.95. The molecule has 0 amide bonds. The van der Waals surface area contributed by atoms with E-state index >= 15 is 0 Å². The molecule has 0 saturated carbocycles. The summed E-state index contributed by atoms with van der Waals surface area (Å²) in [6, 6.07) is 4.22. The number of anilines is 2. The molecule has 0 bridgehead atoms. The highest BCUT2D eigenvalue weighted by Gasteiger charge is 2.15. The van der Waals surface area contributed by atoms with Crippen molar-refractivity contribution < 1.29 is 9.13 Å². The molecular weight excluding hydrogens is 388 g/mol. The van der Waals surface area contributed by atoms with E-state index in [-0.39, 0.29) is 0 Å². The van der Waals surface area contributed by atoms with E-state index in [4.69, 9.17) is 0 Å². The van der Waals surface area contributed by atoms with Crippen LogP contribution >= 0.6 is 23.5 Å². The summed E-state index contributed by atoms with van der Waals surface area (Å²) in [5, 5.41) is 9.00. The van der Waals surface area contributed by atoms with E-state index in [0.717, 1.165) is 47.9 Å². The van der Waals surface area contributed by atoms with Crippen molar-refractivity contribution in [1.82, 2.24) is 9.97 Å². The lowest BCUT2D eigenvalue weighted by atomic mass is 10.2. The minimum atomic E-state index is 0.967. The molecule has 0 radical (unpaired) electrons. The molecule has 0 aromatic carbocycles. The minimum absolute atomic E-state index is 0.967. The molecule has 2 N–H and O–H groups in total. The van der Waals surface area contributed by atoms with Crippen molar-refractivity contribution in [3.63, 3.8) is 0 Å². The number of aromatic nitrogens is 4. The van der Waals surface area contributed by atoms with Crippen LogP contribution in [-0.4, -0.2) is 35.6 Å². The highest BCUT2D eigenvalue weighted by atomic mass is 32.2. The number of hydrogen-bond acceptors (Lipinski definition) is 6. The predicted molar refractivity (Wildman–Crippen MR) is 119 cm³/mol. The van der Waals surface area contributed by atoms with Crippen LogP contribution in [0, 0.1) is 13.8 Å². The smallest absolute Gasteiger partial charge is 0.349 e. The molecule has 2 rings (SSSR count). The van der Waals surface area contributed by atoms with Crippen molar-refractivity contribution in [1.29, 1.82) is 0 Å². The van der Waals surface area contributed by atoms with Gasteiger partial charge in [-0.25, -0.2) is 9.13 Å². The average Bonchev–Trinajstić information content (AvgIpc) is 2.68. The Hall–Kier alpha value is -1.54. The molecule has 0 aliphatic heterocycles. The number of aryl methyl sites for hydroxylation is 2. The van der Waals surface area contributed by atoms with E-state index in [2.05, 4.69) is 82.3 Å². The molecule has 8 heteroatoms. The van der Waals surface area contributed by atoms with E-state index in [1.54, 1.807) is 23.5 Å². The highest BCUT2D eigenvalue weighted by molar-refractivity contribution is 7.98. The third kappa shape index (κ3) is 6.51. The van der Waals surface area contributed by atoms with Gasteiger partial charge in [0.15, 0.2) is 0 Å². The lowest BCUT2D eigenvalue weighted by molar-refractivity contribution is -0.718. The topological polar surface area (TPSA) is 57.6 Å². The van der Waals surface area contributed by atoms with Gasteiger partial charge in [0.2, 0.25) is 11.6 Å². The number of thioether (sulfide) groups is 2. The zero-order chi connectivity index (χ0) is 20.5. The Labute approximate surface area is 178 Å². The predicted octanol–water partition coefficient (Wildman–Crippen LogP) is 3.27. The molecule has 0 aliphatic carbocycles. The Balaban J connectivity index is 1.64. The van der Waals surface area contributed by atoms with Crippen LogP contribution in [0.5, 0.6) is 0 Å². The number of rotatable bonds is 11. The molecule has 28 heavy (non-hydrogen) atoms. The Morgan fingerprint density at radius 2 is 1.14 bits per heavy atom. The van der Waals surface area contributed by atoms with Gasteiger partial charge >= 0.3 is 10.3 Å². The Morgan fingerprint density at radius 1 is 0.750 bits per heavy atom.